The lowest BCUT2D eigenvalue weighted by Crippen LogP contribution is -2.32. The van der Waals surface area contributed by atoms with Crippen LogP contribution < -0.4 is 20.6 Å². The van der Waals surface area contributed by atoms with Gasteiger partial charge in [-0.2, -0.15) is 5.10 Å². The molecule has 8 nitrogen and oxygen atoms in total. The maximum absolute atomic E-state index is 11.8. The molecule has 28 heavy (non-hydrogen) atoms. The fourth-order valence-electron chi connectivity index (χ4n) is 2.08. The van der Waals surface area contributed by atoms with Crippen LogP contribution in [0.4, 0.5) is 5.69 Å². The summed E-state index contributed by atoms with van der Waals surface area (Å²) in [7, 11) is 0. The Labute approximate surface area is 166 Å². The number of anilines is 1. The number of benzene rings is 2. The van der Waals surface area contributed by atoms with Crippen molar-refractivity contribution in [3.8, 4) is 5.75 Å². The Morgan fingerprint density at radius 2 is 1.86 bits per heavy atom. The largest absolute Gasteiger partial charge is 0.546 e. The third kappa shape index (κ3) is 6.40. The molecule has 0 spiro atoms. The molecule has 0 radical (unpaired) electrons. The molecular formula is C19H17ClN3O5-. The molecule has 0 unspecified atom stereocenters. The summed E-state index contributed by atoms with van der Waals surface area (Å²) in [6.07, 6.45) is 2.15. The molecule has 2 amide bonds. The monoisotopic (exact) mass is 402 g/mol. The number of hydrogen-bond donors (Lipinski definition) is 2. The van der Waals surface area contributed by atoms with Crippen LogP contribution in [0.25, 0.3) is 0 Å². The smallest absolute Gasteiger partial charge is 0.329 e. The Morgan fingerprint density at radius 1 is 1.14 bits per heavy atom. The fraction of sp³-hybridized carbons (Fsp3) is 0.158. The van der Waals surface area contributed by atoms with Gasteiger partial charge < -0.3 is 20.0 Å². The first-order valence-corrected chi connectivity index (χ1v) is 8.62. The lowest BCUT2D eigenvalue weighted by Gasteiger charge is -2.08. The molecule has 2 rings (SSSR count). The lowest BCUT2D eigenvalue weighted by atomic mass is 10.1. The summed E-state index contributed by atoms with van der Waals surface area (Å²) in [6.45, 7) is 1.39. The SMILES string of the molecule is CCc1ccc(NC(=O)C(=O)N/N=C\c2ccc(OCC(=O)[O-])c(Cl)c2)cc1. The minimum Gasteiger partial charge on any atom is -0.546 e. The highest BCUT2D eigenvalue weighted by Crippen LogP contribution is 2.24. The van der Waals surface area contributed by atoms with E-state index in [9.17, 15) is 19.5 Å². The van der Waals surface area contributed by atoms with Crippen LogP contribution >= 0.6 is 11.6 Å². The van der Waals surface area contributed by atoms with Crippen molar-refractivity contribution in [2.45, 2.75) is 13.3 Å². The van der Waals surface area contributed by atoms with E-state index in [1.807, 2.05) is 19.1 Å². The van der Waals surface area contributed by atoms with Gasteiger partial charge in [0.2, 0.25) is 0 Å². The summed E-state index contributed by atoms with van der Waals surface area (Å²) in [5, 5.41) is 16.7. The highest BCUT2D eigenvalue weighted by Gasteiger charge is 2.12. The molecule has 0 fully saturated rings. The van der Waals surface area contributed by atoms with Gasteiger partial charge in [-0.15, -0.1) is 0 Å². The zero-order valence-electron chi connectivity index (χ0n) is 14.9. The van der Waals surface area contributed by atoms with E-state index in [4.69, 9.17) is 16.3 Å². The third-order valence-electron chi connectivity index (χ3n) is 3.51. The van der Waals surface area contributed by atoms with E-state index in [2.05, 4.69) is 15.8 Å². The number of carbonyl (C=O) groups is 3. The van der Waals surface area contributed by atoms with Crippen molar-refractivity contribution in [1.82, 2.24) is 5.43 Å². The van der Waals surface area contributed by atoms with Gasteiger partial charge in [0.15, 0.2) is 0 Å². The molecule has 2 aromatic rings. The van der Waals surface area contributed by atoms with Crippen LogP contribution in [0.3, 0.4) is 0 Å². The van der Waals surface area contributed by atoms with E-state index >= 15 is 0 Å². The summed E-state index contributed by atoms with van der Waals surface area (Å²) < 4.78 is 4.94. The van der Waals surface area contributed by atoms with Crippen LogP contribution in [0.15, 0.2) is 47.6 Å². The van der Waals surface area contributed by atoms with E-state index in [-0.39, 0.29) is 10.8 Å². The second-order valence-electron chi connectivity index (χ2n) is 5.55. The summed E-state index contributed by atoms with van der Waals surface area (Å²) in [6, 6.07) is 11.6. The minimum absolute atomic E-state index is 0.157. The number of halogens is 1. The van der Waals surface area contributed by atoms with E-state index in [0.29, 0.717) is 11.3 Å². The van der Waals surface area contributed by atoms with E-state index in [1.54, 1.807) is 18.2 Å². The Kier molecular flexibility index (Phi) is 7.53. The molecule has 0 heterocycles. The first-order chi connectivity index (χ1) is 13.4. The van der Waals surface area contributed by atoms with Gasteiger partial charge in [-0.3, -0.25) is 9.59 Å². The van der Waals surface area contributed by atoms with Crippen molar-refractivity contribution in [1.29, 1.82) is 0 Å². The van der Waals surface area contributed by atoms with Gasteiger partial charge >= 0.3 is 11.8 Å². The summed E-state index contributed by atoms with van der Waals surface area (Å²) in [4.78, 5) is 34.0. The number of hydrogen-bond acceptors (Lipinski definition) is 6. The molecule has 0 atom stereocenters. The summed E-state index contributed by atoms with van der Waals surface area (Å²) in [5.74, 6) is -2.99. The summed E-state index contributed by atoms with van der Waals surface area (Å²) >= 11 is 5.97. The van der Waals surface area contributed by atoms with E-state index in [0.717, 1.165) is 12.0 Å². The number of carboxylic acid groups (broad SMARTS) is 1. The van der Waals surface area contributed by atoms with Crippen molar-refractivity contribution >= 4 is 41.3 Å². The normalized spacial score (nSPS) is 10.5. The topological polar surface area (TPSA) is 120 Å². The number of ether oxygens (including phenoxy) is 1. The van der Waals surface area contributed by atoms with Crippen molar-refractivity contribution in [3.63, 3.8) is 0 Å². The number of amides is 2. The number of nitrogens with one attached hydrogen (secondary N) is 2. The van der Waals surface area contributed by atoms with Crippen molar-refractivity contribution in [3.05, 3.63) is 58.6 Å². The quantitative estimate of drug-likeness (QED) is 0.408. The van der Waals surface area contributed by atoms with Crippen LogP contribution in [0.5, 0.6) is 5.75 Å². The average Bonchev–Trinajstić information content (AvgIpc) is 2.67. The number of aryl methyl sites for hydroxylation is 1. The molecule has 0 aliphatic heterocycles. The van der Waals surface area contributed by atoms with Gasteiger partial charge in [0.1, 0.15) is 12.4 Å². The Morgan fingerprint density at radius 3 is 2.46 bits per heavy atom. The molecule has 0 aliphatic rings. The molecular weight excluding hydrogens is 386 g/mol. The number of nitrogens with zero attached hydrogens (tertiary/aromatic N) is 1. The third-order valence-corrected chi connectivity index (χ3v) is 3.80. The molecule has 0 saturated carbocycles. The first kappa shape index (κ1) is 20.9. The Balaban J connectivity index is 1.88. The van der Waals surface area contributed by atoms with Crippen molar-refractivity contribution < 1.29 is 24.2 Å². The number of rotatable bonds is 7. The van der Waals surface area contributed by atoms with Crippen LogP contribution in [0.1, 0.15) is 18.1 Å². The second-order valence-corrected chi connectivity index (χ2v) is 5.96. The number of carbonyl (C=O) groups excluding carboxylic acids is 3. The van der Waals surface area contributed by atoms with E-state index in [1.165, 1.54) is 18.3 Å². The standard InChI is InChI=1S/C19H18ClN3O5/c1-2-12-3-6-14(7-4-12)22-18(26)19(27)23-21-10-13-5-8-16(15(20)9-13)28-11-17(24)25/h3-10H,2,11H2,1H3,(H,22,26)(H,23,27)(H,24,25)/p-1/b21-10-. The summed E-state index contributed by atoms with van der Waals surface area (Å²) in [5.41, 5.74) is 4.22. The highest BCUT2D eigenvalue weighted by molar-refractivity contribution is 6.39. The maximum atomic E-state index is 11.8. The zero-order chi connectivity index (χ0) is 20.5. The molecule has 0 bridgehead atoms. The van der Waals surface area contributed by atoms with Gasteiger partial charge in [-0.25, -0.2) is 5.43 Å². The Hall–Kier alpha value is -3.39. The van der Waals surface area contributed by atoms with E-state index < -0.39 is 24.4 Å². The molecule has 2 N–H and O–H groups in total. The number of hydrazone groups is 1. The fourth-order valence-corrected chi connectivity index (χ4v) is 2.32. The number of carboxylic acids is 1. The van der Waals surface area contributed by atoms with Crippen LogP contribution in [0, 0.1) is 0 Å². The maximum Gasteiger partial charge on any atom is 0.329 e. The predicted octanol–water partition coefficient (Wildman–Crippen LogP) is 1.12. The molecule has 2 aromatic carbocycles. The Bertz CT molecular complexity index is 897. The van der Waals surface area contributed by atoms with Crippen molar-refractivity contribution in [2.24, 2.45) is 5.10 Å². The minimum atomic E-state index is -1.37. The van der Waals surface area contributed by atoms with Crippen LogP contribution in [-0.4, -0.2) is 30.6 Å². The molecule has 9 heteroatoms. The lowest BCUT2D eigenvalue weighted by molar-refractivity contribution is -0.307. The van der Waals surface area contributed by atoms with Crippen LogP contribution in [-0.2, 0) is 20.8 Å². The highest BCUT2D eigenvalue weighted by atomic mass is 35.5. The molecule has 0 aromatic heterocycles. The van der Waals surface area contributed by atoms with Gasteiger partial charge in [-0.1, -0.05) is 30.7 Å². The molecule has 0 aliphatic carbocycles. The number of aliphatic carboxylic acids is 1. The first-order valence-electron chi connectivity index (χ1n) is 8.24. The molecule has 0 saturated heterocycles. The predicted molar refractivity (Wildman–Crippen MR) is 102 cm³/mol. The van der Waals surface area contributed by atoms with Gasteiger partial charge in [-0.05, 0) is 47.9 Å². The average molecular weight is 403 g/mol. The van der Waals surface area contributed by atoms with Gasteiger partial charge in [0.25, 0.3) is 0 Å². The van der Waals surface area contributed by atoms with Gasteiger partial charge in [0, 0.05) is 5.69 Å². The van der Waals surface area contributed by atoms with Crippen molar-refractivity contribution in [2.75, 3.05) is 11.9 Å². The second kappa shape index (κ2) is 10.1. The van der Waals surface area contributed by atoms with Crippen LogP contribution in [0.2, 0.25) is 5.02 Å². The molecule has 146 valence electrons. The zero-order valence-corrected chi connectivity index (χ0v) is 15.7. The van der Waals surface area contributed by atoms with Gasteiger partial charge in [0.05, 0.1) is 17.2 Å².